The van der Waals surface area contributed by atoms with Crippen LogP contribution >= 0.6 is 0 Å². The number of nitrogens with zero attached hydrogens (tertiary/aromatic N) is 3. The van der Waals surface area contributed by atoms with E-state index in [0.29, 0.717) is 12.4 Å². The van der Waals surface area contributed by atoms with Gasteiger partial charge in [0, 0.05) is 36.2 Å². The molecule has 1 atom stereocenters. The first-order chi connectivity index (χ1) is 16.0. The van der Waals surface area contributed by atoms with Crippen molar-refractivity contribution in [3.8, 4) is 6.07 Å². The van der Waals surface area contributed by atoms with E-state index in [9.17, 15) is 14.4 Å². The van der Waals surface area contributed by atoms with Gasteiger partial charge in [0.05, 0.1) is 6.07 Å². The summed E-state index contributed by atoms with van der Waals surface area (Å²) in [6.45, 7) is 0.569. The highest BCUT2D eigenvalue weighted by molar-refractivity contribution is 5.94. The first kappa shape index (κ1) is 22.5. The molecular formula is C24H28N6O3. The van der Waals surface area contributed by atoms with E-state index in [1.807, 2.05) is 30.5 Å². The van der Waals surface area contributed by atoms with Crippen LogP contribution in [0.25, 0.3) is 11.0 Å². The van der Waals surface area contributed by atoms with Crippen molar-refractivity contribution in [2.24, 2.45) is 17.6 Å². The molecule has 0 aromatic carbocycles. The number of nitrogens with two attached hydrogens (primary N) is 1. The summed E-state index contributed by atoms with van der Waals surface area (Å²) in [5, 5.41) is 12.7. The topological polar surface area (TPSA) is 145 Å². The zero-order chi connectivity index (χ0) is 23.4. The number of rotatable bonds is 5. The molecule has 2 fully saturated rings. The number of hydrogen-bond donors (Lipinski definition) is 3. The van der Waals surface area contributed by atoms with Crippen LogP contribution in [0.15, 0.2) is 30.6 Å². The number of H-pyrrole nitrogens is 1. The molecule has 4 N–H and O–H groups in total. The van der Waals surface area contributed by atoms with Gasteiger partial charge in [0.25, 0.3) is 0 Å². The summed E-state index contributed by atoms with van der Waals surface area (Å²) >= 11 is 0. The van der Waals surface area contributed by atoms with Gasteiger partial charge in [0.15, 0.2) is 0 Å². The Bertz CT molecular complexity index is 1120. The Balaban J connectivity index is 0.000000376. The van der Waals surface area contributed by atoms with Gasteiger partial charge in [-0.25, -0.2) is 4.98 Å². The number of allylic oxidation sites excluding steroid dienone is 1. The first-order valence-corrected chi connectivity index (χ1v) is 11.4. The lowest BCUT2D eigenvalue weighted by atomic mass is 9.91. The Kier molecular flexibility index (Phi) is 6.73. The monoisotopic (exact) mass is 448 g/mol. The number of nitriles is 1. The van der Waals surface area contributed by atoms with Crippen molar-refractivity contribution in [3.63, 3.8) is 0 Å². The predicted octanol–water partition coefficient (Wildman–Crippen LogP) is 2.93. The van der Waals surface area contributed by atoms with Gasteiger partial charge in [-0.3, -0.25) is 14.4 Å². The summed E-state index contributed by atoms with van der Waals surface area (Å²) < 4.78 is 0. The lowest BCUT2D eigenvalue weighted by molar-refractivity contribution is -0.127. The molecule has 1 unspecified atom stereocenters. The second-order valence-electron chi connectivity index (χ2n) is 8.80. The molecule has 1 aliphatic heterocycles. The van der Waals surface area contributed by atoms with E-state index in [0.717, 1.165) is 55.1 Å². The van der Waals surface area contributed by atoms with Crippen molar-refractivity contribution in [2.45, 2.75) is 50.9 Å². The molecule has 2 aliphatic carbocycles. The van der Waals surface area contributed by atoms with E-state index in [2.05, 4.69) is 15.3 Å². The lowest BCUT2D eigenvalue weighted by Crippen LogP contribution is -2.26. The number of primary amides is 1. The molecule has 0 spiro atoms. The molecule has 0 bridgehead atoms. The van der Waals surface area contributed by atoms with Gasteiger partial charge in [0.2, 0.25) is 17.7 Å². The maximum atomic E-state index is 12.1. The van der Waals surface area contributed by atoms with E-state index < -0.39 is 0 Å². The molecular weight excluding hydrogens is 420 g/mol. The number of hydrogen-bond acceptors (Lipinski definition) is 5. The van der Waals surface area contributed by atoms with Crippen LogP contribution in [0, 0.1) is 23.2 Å². The number of nitrogens with one attached hydrogen (secondary N) is 2. The van der Waals surface area contributed by atoms with Crippen molar-refractivity contribution in [1.29, 1.82) is 5.26 Å². The minimum Gasteiger partial charge on any atom is -0.369 e. The number of aromatic nitrogens is 2. The molecule has 5 rings (SSSR count). The molecule has 3 heterocycles. The maximum Gasteiger partial charge on any atom is 0.240 e. The van der Waals surface area contributed by atoms with E-state index in [-0.39, 0.29) is 41.9 Å². The normalized spacial score (nSPS) is 19.7. The van der Waals surface area contributed by atoms with Crippen LogP contribution in [-0.4, -0.2) is 39.1 Å². The third kappa shape index (κ3) is 5.77. The Morgan fingerprint density at radius 3 is 2.61 bits per heavy atom. The van der Waals surface area contributed by atoms with Gasteiger partial charge < -0.3 is 20.9 Å². The summed E-state index contributed by atoms with van der Waals surface area (Å²) in [4.78, 5) is 43.4. The number of pyridine rings is 1. The molecule has 33 heavy (non-hydrogen) atoms. The average Bonchev–Trinajstić information content (AvgIpc) is 3.69. The fourth-order valence-electron chi connectivity index (χ4n) is 3.91. The van der Waals surface area contributed by atoms with Crippen LogP contribution < -0.4 is 11.1 Å². The number of amides is 3. The Morgan fingerprint density at radius 2 is 1.97 bits per heavy atom. The minimum absolute atomic E-state index is 0.0355. The van der Waals surface area contributed by atoms with Gasteiger partial charge in [-0.2, -0.15) is 5.26 Å². The molecule has 0 saturated heterocycles. The number of carbonyl (C=O) groups is 3. The Morgan fingerprint density at radius 1 is 1.21 bits per heavy atom. The quantitative estimate of drug-likeness (QED) is 0.644. The molecule has 9 heteroatoms. The van der Waals surface area contributed by atoms with Crippen LogP contribution in [0.4, 0.5) is 5.82 Å². The Labute approximate surface area is 192 Å². The molecule has 172 valence electrons. The largest absolute Gasteiger partial charge is 0.369 e. The molecule has 3 aliphatic rings. The second-order valence-corrected chi connectivity index (χ2v) is 8.80. The molecule has 9 nitrogen and oxygen atoms in total. The highest BCUT2D eigenvalue weighted by Gasteiger charge is 2.30. The zero-order valence-corrected chi connectivity index (χ0v) is 18.4. The van der Waals surface area contributed by atoms with E-state index >= 15 is 0 Å². The summed E-state index contributed by atoms with van der Waals surface area (Å²) in [5.41, 5.74) is 6.73. The van der Waals surface area contributed by atoms with Crippen molar-refractivity contribution in [3.05, 3.63) is 36.2 Å². The van der Waals surface area contributed by atoms with Crippen LogP contribution in [0.3, 0.4) is 0 Å². The van der Waals surface area contributed by atoms with Crippen molar-refractivity contribution in [2.75, 3.05) is 11.9 Å². The highest BCUT2D eigenvalue weighted by atomic mass is 16.2. The molecule has 2 aromatic rings. The highest BCUT2D eigenvalue weighted by Crippen LogP contribution is 2.34. The van der Waals surface area contributed by atoms with Crippen molar-refractivity contribution >= 4 is 34.6 Å². The van der Waals surface area contributed by atoms with Gasteiger partial charge in [0.1, 0.15) is 17.9 Å². The van der Waals surface area contributed by atoms with Crippen LogP contribution in [0.2, 0.25) is 0 Å². The van der Waals surface area contributed by atoms with Crippen LogP contribution in [0.5, 0.6) is 0 Å². The Hall–Kier alpha value is -3.67. The fraction of sp³-hybridized carbons (Fsp3) is 0.458. The van der Waals surface area contributed by atoms with Crippen molar-refractivity contribution in [1.82, 2.24) is 14.9 Å². The number of anilines is 1. The summed E-state index contributed by atoms with van der Waals surface area (Å²) in [6.07, 6.45) is 11.0. The number of aromatic amines is 1. The van der Waals surface area contributed by atoms with E-state index in [1.165, 1.54) is 0 Å². The molecule has 2 saturated carbocycles. The van der Waals surface area contributed by atoms with Crippen LogP contribution in [-0.2, 0) is 14.4 Å². The summed E-state index contributed by atoms with van der Waals surface area (Å²) in [6, 6.07) is 5.87. The second kappa shape index (κ2) is 9.86. The SMILES string of the molecule is N#CCC(=O)N1C=CCC(c2cc(NC(=O)C3CC3)nc3[nH]ccc23)CC1.NC(=O)C1CC1. The standard InChI is InChI=1S/C20H21N5O2.C4H7NO/c21-8-5-18(26)25-10-1-2-13(7-11-25)16-12-17(24-20(27)14-3-4-14)23-19-15(16)6-9-22-19;5-4(6)3-1-2-3/h1,6,9-10,12-14H,2-5,7,11H2,(H2,22,23,24,27);3H,1-2H2,(H2,5,6). The lowest BCUT2D eigenvalue weighted by Gasteiger charge is -2.19. The predicted molar refractivity (Wildman–Crippen MR) is 122 cm³/mol. The maximum absolute atomic E-state index is 12.1. The molecule has 2 aromatic heterocycles. The number of fused-ring (bicyclic) bond motifs is 1. The smallest absolute Gasteiger partial charge is 0.240 e. The van der Waals surface area contributed by atoms with E-state index in [1.54, 1.807) is 11.1 Å². The third-order valence-corrected chi connectivity index (χ3v) is 6.15. The molecule has 0 radical (unpaired) electrons. The van der Waals surface area contributed by atoms with Gasteiger partial charge >= 0.3 is 0 Å². The summed E-state index contributed by atoms with van der Waals surface area (Å²) in [7, 11) is 0. The van der Waals surface area contributed by atoms with E-state index in [4.69, 9.17) is 11.0 Å². The average molecular weight is 449 g/mol. The van der Waals surface area contributed by atoms with Gasteiger partial charge in [-0.15, -0.1) is 0 Å². The number of carbonyl (C=O) groups excluding carboxylic acids is 3. The summed E-state index contributed by atoms with van der Waals surface area (Å²) in [5.74, 6) is 0.873. The zero-order valence-electron chi connectivity index (χ0n) is 18.4. The fourth-order valence-corrected chi connectivity index (χ4v) is 3.91. The first-order valence-electron chi connectivity index (χ1n) is 11.4. The third-order valence-electron chi connectivity index (χ3n) is 6.15. The van der Waals surface area contributed by atoms with Gasteiger partial charge in [-0.05, 0) is 62.1 Å². The molecule has 3 amide bonds. The van der Waals surface area contributed by atoms with Gasteiger partial charge in [-0.1, -0.05) is 6.08 Å². The van der Waals surface area contributed by atoms with Crippen LogP contribution in [0.1, 0.15) is 56.4 Å². The van der Waals surface area contributed by atoms with Crippen molar-refractivity contribution < 1.29 is 14.4 Å². The minimum atomic E-state index is -0.173.